The molecule has 0 spiro atoms. The van der Waals surface area contributed by atoms with Gasteiger partial charge in [0.1, 0.15) is 11.7 Å². The average Bonchev–Trinajstić information content (AvgIpc) is 2.37. The molecule has 0 aromatic heterocycles. The van der Waals surface area contributed by atoms with Crippen molar-refractivity contribution in [3.63, 3.8) is 0 Å². The number of hydrogen-bond acceptors (Lipinski definition) is 7. The van der Waals surface area contributed by atoms with Crippen LogP contribution in [0.15, 0.2) is 11.1 Å². The Labute approximate surface area is 128 Å². The van der Waals surface area contributed by atoms with Crippen molar-refractivity contribution in [1.29, 1.82) is 0 Å². The Balaban J connectivity index is 3.29. The van der Waals surface area contributed by atoms with Crippen molar-refractivity contribution in [2.24, 2.45) is 11.8 Å². The summed E-state index contributed by atoms with van der Waals surface area (Å²) in [6, 6.07) is 0. The van der Waals surface area contributed by atoms with Crippen LogP contribution in [0.2, 0.25) is 0 Å². The SMILES string of the molecule is CCOC(=O)C1=C(C(=O)OCC)C(C(=O)OCC)C1C(C)=O. The summed E-state index contributed by atoms with van der Waals surface area (Å²) < 4.78 is 14.6. The molecule has 7 heteroatoms. The quantitative estimate of drug-likeness (QED) is 0.507. The number of hydrogen-bond donors (Lipinski definition) is 0. The molecular formula is C15H20O7. The van der Waals surface area contributed by atoms with Crippen molar-refractivity contribution < 1.29 is 33.4 Å². The first-order valence-corrected chi connectivity index (χ1v) is 7.15. The lowest BCUT2D eigenvalue weighted by atomic mass is 9.65. The highest BCUT2D eigenvalue weighted by molar-refractivity contribution is 6.14. The smallest absolute Gasteiger partial charge is 0.335 e. The van der Waals surface area contributed by atoms with E-state index in [-0.39, 0.29) is 31.0 Å². The van der Waals surface area contributed by atoms with Crippen molar-refractivity contribution in [3.05, 3.63) is 11.1 Å². The number of Topliss-reactive ketones (excluding diaryl/α,β-unsaturated/α-hetero) is 1. The maximum Gasteiger partial charge on any atom is 0.335 e. The third-order valence-electron chi connectivity index (χ3n) is 3.21. The summed E-state index contributed by atoms with van der Waals surface area (Å²) in [4.78, 5) is 47.8. The molecule has 0 saturated heterocycles. The number of carbonyl (C=O) groups is 4. The Bertz CT molecular complexity index is 518. The van der Waals surface area contributed by atoms with Gasteiger partial charge in [-0.1, -0.05) is 0 Å². The van der Waals surface area contributed by atoms with Gasteiger partial charge in [0.25, 0.3) is 0 Å². The molecule has 1 aliphatic rings. The minimum absolute atomic E-state index is 0.0821. The number of ether oxygens (including phenoxy) is 3. The van der Waals surface area contributed by atoms with Gasteiger partial charge in [-0.2, -0.15) is 0 Å². The van der Waals surface area contributed by atoms with Gasteiger partial charge in [-0.05, 0) is 27.7 Å². The van der Waals surface area contributed by atoms with Crippen LogP contribution in [0.1, 0.15) is 27.7 Å². The molecule has 0 radical (unpaired) electrons. The Kier molecular flexibility index (Phi) is 6.27. The zero-order valence-corrected chi connectivity index (χ0v) is 13.1. The summed E-state index contributed by atoms with van der Waals surface area (Å²) in [7, 11) is 0. The zero-order chi connectivity index (χ0) is 16.9. The van der Waals surface area contributed by atoms with Crippen LogP contribution in [-0.4, -0.2) is 43.5 Å². The van der Waals surface area contributed by atoms with Gasteiger partial charge >= 0.3 is 17.9 Å². The molecule has 2 unspecified atom stereocenters. The third-order valence-corrected chi connectivity index (χ3v) is 3.21. The average molecular weight is 312 g/mol. The molecule has 0 fully saturated rings. The minimum atomic E-state index is -1.11. The molecule has 22 heavy (non-hydrogen) atoms. The highest BCUT2D eigenvalue weighted by Crippen LogP contribution is 2.43. The van der Waals surface area contributed by atoms with Gasteiger partial charge in [0, 0.05) is 0 Å². The van der Waals surface area contributed by atoms with E-state index in [9.17, 15) is 19.2 Å². The molecule has 2 atom stereocenters. The Morgan fingerprint density at radius 3 is 1.55 bits per heavy atom. The maximum absolute atomic E-state index is 12.0. The van der Waals surface area contributed by atoms with E-state index in [1.54, 1.807) is 20.8 Å². The fourth-order valence-corrected chi connectivity index (χ4v) is 2.39. The summed E-state index contributed by atoms with van der Waals surface area (Å²) in [5.41, 5.74) is -0.246. The minimum Gasteiger partial charge on any atom is -0.465 e. The van der Waals surface area contributed by atoms with Gasteiger partial charge in [0.15, 0.2) is 0 Å². The summed E-state index contributed by atoms with van der Waals surface area (Å²) in [5.74, 6) is -4.87. The molecule has 0 aliphatic heterocycles. The van der Waals surface area contributed by atoms with Crippen molar-refractivity contribution in [3.8, 4) is 0 Å². The molecule has 0 heterocycles. The fourth-order valence-electron chi connectivity index (χ4n) is 2.39. The molecule has 1 rings (SSSR count). The molecule has 0 bridgehead atoms. The molecular weight excluding hydrogens is 292 g/mol. The van der Waals surface area contributed by atoms with Crippen LogP contribution >= 0.6 is 0 Å². The highest BCUT2D eigenvalue weighted by atomic mass is 16.5. The molecule has 0 amide bonds. The molecule has 122 valence electrons. The maximum atomic E-state index is 12.0. The second-order valence-corrected chi connectivity index (χ2v) is 4.59. The van der Waals surface area contributed by atoms with Gasteiger partial charge in [-0.15, -0.1) is 0 Å². The highest BCUT2D eigenvalue weighted by Gasteiger charge is 2.54. The molecule has 1 aliphatic carbocycles. The standard InChI is InChI=1S/C15H20O7/c1-5-20-13(17)10-9(8(4)16)11(14(18)21-6-2)12(10)15(19)22-7-3/h9-10H,5-7H2,1-4H3. The van der Waals surface area contributed by atoms with Gasteiger partial charge < -0.3 is 14.2 Å². The first kappa shape index (κ1) is 17.9. The summed E-state index contributed by atoms with van der Waals surface area (Å²) in [5, 5.41) is 0. The Morgan fingerprint density at radius 1 is 0.773 bits per heavy atom. The fraction of sp³-hybridized carbons (Fsp3) is 0.600. The van der Waals surface area contributed by atoms with Crippen molar-refractivity contribution in [1.82, 2.24) is 0 Å². The van der Waals surface area contributed by atoms with Gasteiger partial charge in [-0.3, -0.25) is 9.59 Å². The van der Waals surface area contributed by atoms with Crippen LogP contribution in [0.3, 0.4) is 0 Å². The van der Waals surface area contributed by atoms with E-state index in [2.05, 4.69) is 0 Å². The second-order valence-electron chi connectivity index (χ2n) is 4.59. The van der Waals surface area contributed by atoms with Gasteiger partial charge in [0.05, 0.1) is 36.9 Å². The Morgan fingerprint density at radius 2 is 1.18 bits per heavy atom. The van der Waals surface area contributed by atoms with E-state index in [4.69, 9.17) is 14.2 Å². The van der Waals surface area contributed by atoms with Gasteiger partial charge in [-0.25, -0.2) is 9.59 Å². The van der Waals surface area contributed by atoms with E-state index in [1.807, 2.05) is 0 Å². The molecule has 0 aromatic rings. The molecule has 0 N–H and O–H groups in total. The van der Waals surface area contributed by atoms with Crippen LogP contribution in [0.4, 0.5) is 0 Å². The van der Waals surface area contributed by atoms with Crippen molar-refractivity contribution in [2.75, 3.05) is 19.8 Å². The number of esters is 3. The predicted molar refractivity (Wildman–Crippen MR) is 74.6 cm³/mol. The monoisotopic (exact) mass is 312 g/mol. The lowest BCUT2D eigenvalue weighted by Gasteiger charge is -2.36. The van der Waals surface area contributed by atoms with Crippen molar-refractivity contribution >= 4 is 23.7 Å². The predicted octanol–water partition coefficient (Wildman–Crippen LogP) is 0.807. The lowest BCUT2D eigenvalue weighted by molar-refractivity contribution is -0.157. The van der Waals surface area contributed by atoms with E-state index in [0.29, 0.717) is 0 Å². The summed E-state index contributed by atoms with van der Waals surface area (Å²) >= 11 is 0. The van der Waals surface area contributed by atoms with Crippen molar-refractivity contribution in [2.45, 2.75) is 27.7 Å². The lowest BCUT2D eigenvalue weighted by Crippen LogP contribution is -2.47. The van der Waals surface area contributed by atoms with Crippen LogP contribution < -0.4 is 0 Å². The second kappa shape index (κ2) is 7.72. The molecule has 0 saturated carbocycles. The van der Waals surface area contributed by atoms with Gasteiger partial charge in [0.2, 0.25) is 0 Å². The third kappa shape index (κ3) is 3.35. The first-order valence-electron chi connectivity index (χ1n) is 7.15. The number of carbonyl (C=O) groups excluding carboxylic acids is 4. The summed E-state index contributed by atoms with van der Waals surface area (Å²) in [6.07, 6.45) is 0. The first-order chi connectivity index (χ1) is 10.4. The van der Waals surface area contributed by atoms with Crippen LogP contribution in [-0.2, 0) is 33.4 Å². The number of rotatable bonds is 7. The molecule has 0 aromatic carbocycles. The van der Waals surface area contributed by atoms with E-state index in [1.165, 1.54) is 6.92 Å². The normalized spacial score (nSPS) is 20.0. The van der Waals surface area contributed by atoms with E-state index in [0.717, 1.165) is 0 Å². The zero-order valence-electron chi connectivity index (χ0n) is 13.1. The topological polar surface area (TPSA) is 96.0 Å². The van der Waals surface area contributed by atoms with Crippen LogP contribution in [0, 0.1) is 11.8 Å². The number of ketones is 1. The molecule has 7 nitrogen and oxygen atoms in total. The van der Waals surface area contributed by atoms with E-state index >= 15 is 0 Å². The van der Waals surface area contributed by atoms with Crippen LogP contribution in [0.25, 0.3) is 0 Å². The largest absolute Gasteiger partial charge is 0.465 e. The Hall–Kier alpha value is -2.18. The van der Waals surface area contributed by atoms with E-state index < -0.39 is 35.5 Å². The summed E-state index contributed by atoms with van der Waals surface area (Å²) in [6.45, 7) is 6.34. The van der Waals surface area contributed by atoms with Crippen LogP contribution in [0.5, 0.6) is 0 Å².